The van der Waals surface area contributed by atoms with Gasteiger partial charge in [-0.05, 0) is 76.7 Å². The first kappa shape index (κ1) is 13.3. The van der Waals surface area contributed by atoms with Gasteiger partial charge in [0.15, 0.2) is 0 Å². The van der Waals surface area contributed by atoms with E-state index in [0.29, 0.717) is 15.7 Å². The van der Waals surface area contributed by atoms with Gasteiger partial charge >= 0.3 is 0 Å². The molecule has 0 bridgehead atoms. The third-order valence-electron chi connectivity index (χ3n) is 3.54. The predicted molar refractivity (Wildman–Crippen MR) is 80.5 cm³/mol. The van der Waals surface area contributed by atoms with Crippen molar-refractivity contribution in [2.24, 2.45) is 0 Å². The minimum Gasteiger partial charge on any atom is -0.321 e. The molecule has 1 aliphatic carbocycles. The Hall–Kier alpha value is -1.68. The van der Waals surface area contributed by atoms with Crippen LogP contribution in [0.3, 0.4) is 0 Å². The third kappa shape index (κ3) is 2.61. The SMILES string of the molecule is O=C(Nc1cc(F)ccc1Br)c1ccc2c(c1)CCC2. The quantitative estimate of drug-likeness (QED) is 0.870. The van der Waals surface area contributed by atoms with Gasteiger partial charge in [-0.25, -0.2) is 4.39 Å². The van der Waals surface area contributed by atoms with E-state index in [2.05, 4.69) is 21.2 Å². The average Bonchev–Trinajstić information content (AvgIpc) is 2.90. The maximum absolute atomic E-state index is 13.2. The number of amides is 1. The summed E-state index contributed by atoms with van der Waals surface area (Å²) >= 11 is 3.30. The molecule has 1 amide bonds. The molecule has 20 heavy (non-hydrogen) atoms. The van der Waals surface area contributed by atoms with E-state index in [4.69, 9.17) is 0 Å². The van der Waals surface area contributed by atoms with Crippen molar-refractivity contribution in [3.05, 3.63) is 63.4 Å². The van der Waals surface area contributed by atoms with E-state index >= 15 is 0 Å². The molecule has 1 aliphatic rings. The van der Waals surface area contributed by atoms with Crippen LogP contribution >= 0.6 is 15.9 Å². The molecular formula is C16H13BrFNO. The van der Waals surface area contributed by atoms with Gasteiger partial charge in [0.25, 0.3) is 5.91 Å². The van der Waals surface area contributed by atoms with Gasteiger partial charge in [-0.2, -0.15) is 0 Å². The molecule has 2 nitrogen and oxygen atoms in total. The van der Waals surface area contributed by atoms with Crippen LogP contribution in [0, 0.1) is 5.82 Å². The number of halogens is 2. The highest BCUT2D eigenvalue weighted by molar-refractivity contribution is 9.10. The summed E-state index contributed by atoms with van der Waals surface area (Å²) in [6, 6.07) is 9.99. The second-order valence-electron chi connectivity index (χ2n) is 4.92. The summed E-state index contributed by atoms with van der Waals surface area (Å²) in [5, 5.41) is 2.73. The van der Waals surface area contributed by atoms with Gasteiger partial charge in [-0.1, -0.05) is 6.07 Å². The maximum atomic E-state index is 13.2. The van der Waals surface area contributed by atoms with Crippen LogP contribution in [-0.2, 0) is 12.8 Å². The molecule has 0 saturated carbocycles. The smallest absolute Gasteiger partial charge is 0.255 e. The highest BCUT2D eigenvalue weighted by Gasteiger charge is 2.14. The van der Waals surface area contributed by atoms with Crippen molar-refractivity contribution >= 4 is 27.5 Å². The number of hydrogen-bond acceptors (Lipinski definition) is 1. The molecule has 0 heterocycles. The highest BCUT2D eigenvalue weighted by atomic mass is 79.9. The number of fused-ring (bicyclic) bond motifs is 1. The molecule has 0 fully saturated rings. The van der Waals surface area contributed by atoms with Gasteiger partial charge in [0.05, 0.1) is 5.69 Å². The zero-order chi connectivity index (χ0) is 14.1. The summed E-state index contributed by atoms with van der Waals surface area (Å²) in [5.74, 6) is -0.594. The lowest BCUT2D eigenvalue weighted by Crippen LogP contribution is -2.12. The van der Waals surface area contributed by atoms with Crippen LogP contribution < -0.4 is 5.32 Å². The molecule has 0 saturated heterocycles. The van der Waals surface area contributed by atoms with Crippen molar-refractivity contribution in [2.75, 3.05) is 5.32 Å². The van der Waals surface area contributed by atoms with Crippen molar-refractivity contribution in [1.82, 2.24) is 0 Å². The Morgan fingerprint density at radius 2 is 1.90 bits per heavy atom. The predicted octanol–water partition coefficient (Wildman–Crippen LogP) is 4.33. The van der Waals surface area contributed by atoms with Gasteiger partial charge in [0.2, 0.25) is 0 Å². The zero-order valence-electron chi connectivity index (χ0n) is 10.7. The van der Waals surface area contributed by atoms with E-state index < -0.39 is 0 Å². The number of hydrogen-bond donors (Lipinski definition) is 1. The number of carbonyl (C=O) groups excluding carboxylic acids is 1. The van der Waals surface area contributed by atoms with Gasteiger partial charge in [-0.15, -0.1) is 0 Å². The standard InChI is InChI=1S/C16H13BrFNO/c17-14-7-6-13(18)9-15(14)19-16(20)12-5-4-10-2-1-3-11(10)8-12/h4-9H,1-3H2,(H,19,20). The second kappa shape index (κ2) is 5.37. The van der Waals surface area contributed by atoms with E-state index in [9.17, 15) is 9.18 Å². The number of anilines is 1. The molecule has 4 heteroatoms. The molecule has 0 radical (unpaired) electrons. The summed E-state index contributed by atoms with van der Waals surface area (Å²) in [6.07, 6.45) is 3.27. The topological polar surface area (TPSA) is 29.1 Å². The number of benzene rings is 2. The van der Waals surface area contributed by atoms with Crippen molar-refractivity contribution < 1.29 is 9.18 Å². The van der Waals surface area contributed by atoms with E-state index in [1.807, 2.05) is 18.2 Å². The normalized spacial score (nSPS) is 13.1. The Labute approximate surface area is 125 Å². The first-order chi connectivity index (χ1) is 9.63. The maximum Gasteiger partial charge on any atom is 0.255 e. The van der Waals surface area contributed by atoms with Crippen molar-refractivity contribution in [1.29, 1.82) is 0 Å². The molecule has 0 aliphatic heterocycles. The Kier molecular flexibility index (Phi) is 3.57. The largest absolute Gasteiger partial charge is 0.321 e. The third-order valence-corrected chi connectivity index (χ3v) is 4.23. The number of carbonyl (C=O) groups is 1. The monoisotopic (exact) mass is 333 g/mol. The molecule has 0 spiro atoms. The Morgan fingerprint density at radius 3 is 2.75 bits per heavy atom. The van der Waals surface area contributed by atoms with Crippen molar-refractivity contribution in [2.45, 2.75) is 19.3 Å². The molecule has 3 rings (SSSR count). The fourth-order valence-electron chi connectivity index (χ4n) is 2.50. The number of rotatable bonds is 2. The number of nitrogens with one attached hydrogen (secondary N) is 1. The van der Waals surface area contributed by atoms with Gasteiger partial charge in [0.1, 0.15) is 5.82 Å². The average molecular weight is 334 g/mol. The molecule has 102 valence electrons. The minimum absolute atomic E-state index is 0.217. The van der Waals surface area contributed by atoms with Gasteiger partial charge in [0, 0.05) is 10.0 Å². The molecule has 0 aromatic heterocycles. The van der Waals surface area contributed by atoms with Crippen molar-refractivity contribution in [3.8, 4) is 0 Å². The Balaban J connectivity index is 1.84. The molecule has 2 aromatic carbocycles. The lowest BCUT2D eigenvalue weighted by Gasteiger charge is -2.09. The summed E-state index contributed by atoms with van der Waals surface area (Å²) < 4.78 is 13.9. The highest BCUT2D eigenvalue weighted by Crippen LogP contribution is 2.25. The fraction of sp³-hybridized carbons (Fsp3) is 0.188. The summed E-state index contributed by atoms with van der Waals surface area (Å²) in [5.41, 5.74) is 3.63. The molecular weight excluding hydrogens is 321 g/mol. The lowest BCUT2D eigenvalue weighted by molar-refractivity contribution is 0.102. The molecule has 0 unspecified atom stereocenters. The van der Waals surface area contributed by atoms with Crippen LogP contribution in [0.5, 0.6) is 0 Å². The summed E-state index contributed by atoms with van der Waals surface area (Å²) in [6.45, 7) is 0. The molecule has 0 atom stereocenters. The van der Waals surface area contributed by atoms with E-state index in [1.165, 1.54) is 23.3 Å². The van der Waals surface area contributed by atoms with E-state index in [1.54, 1.807) is 6.07 Å². The van der Waals surface area contributed by atoms with Gasteiger partial charge in [-0.3, -0.25) is 4.79 Å². The van der Waals surface area contributed by atoms with Crippen LogP contribution in [0.2, 0.25) is 0 Å². The fourth-order valence-corrected chi connectivity index (χ4v) is 2.85. The van der Waals surface area contributed by atoms with Crippen LogP contribution in [0.15, 0.2) is 40.9 Å². The number of aryl methyl sites for hydroxylation is 2. The van der Waals surface area contributed by atoms with E-state index in [0.717, 1.165) is 19.3 Å². The van der Waals surface area contributed by atoms with Crippen LogP contribution in [0.1, 0.15) is 27.9 Å². The summed E-state index contributed by atoms with van der Waals surface area (Å²) in [4.78, 5) is 12.2. The van der Waals surface area contributed by atoms with Gasteiger partial charge < -0.3 is 5.32 Å². The second-order valence-corrected chi connectivity index (χ2v) is 5.77. The van der Waals surface area contributed by atoms with Crippen LogP contribution in [0.4, 0.5) is 10.1 Å². The zero-order valence-corrected chi connectivity index (χ0v) is 12.3. The molecule has 2 aromatic rings. The molecule has 1 N–H and O–H groups in total. The first-order valence-corrected chi connectivity index (χ1v) is 7.31. The lowest BCUT2D eigenvalue weighted by atomic mass is 10.1. The minimum atomic E-state index is -0.377. The Morgan fingerprint density at radius 1 is 1.10 bits per heavy atom. The van der Waals surface area contributed by atoms with E-state index in [-0.39, 0.29) is 11.7 Å². The Bertz CT molecular complexity index is 684. The first-order valence-electron chi connectivity index (χ1n) is 6.52. The van der Waals surface area contributed by atoms with Crippen LogP contribution in [-0.4, -0.2) is 5.91 Å². The van der Waals surface area contributed by atoms with Crippen molar-refractivity contribution in [3.63, 3.8) is 0 Å². The summed E-state index contributed by atoms with van der Waals surface area (Å²) in [7, 11) is 0. The van der Waals surface area contributed by atoms with Crippen LogP contribution in [0.25, 0.3) is 0 Å².